The summed E-state index contributed by atoms with van der Waals surface area (Å²) in [6, 6.07) is 6.05. The largest absolute Gasteiger partial charge is 0.486 e. The van der Waals surface area contributed by atoms with Gasteiger partial charge in [0.1, 0.15) is 13.2 Å². The van der Waals surface area contributed by atoms with Gasteiger partial charge in [-0.05, 0) is 43.5 Å². The molecule has 4 heteroatoms. The molecule has 0 aromatic heterocycles. The smallest absolute Gasteiger partial charge is 0.161 e. The number of ether oxygens (including phenoxy) is 2. The van der Waals surface area contributed by atoms with Crippen LogP contribution in [0.4, 0.5) is 0 Å². The van der Waals surface area contributed by atoms with Crippen molar-refractivity contribution < 1.29 is 14.6 Å². The topological polar surface area (TPSA) is 50.7 Å². The lowest BCUT2D eigenvalue weighted by molar-refractivity contribution is 0.163. The van der Waals surface area contributed by atoms with Gasteiger partial charge < -0.3 is 19.9 Å². The van der Waals surface area contributed by atoms with Crippen LogP contribution in [-0.4, -0.2) is 31.0 Å². The Kier molecular flexibility index (Phi) is 5.05. The molecule has 19 heavy (non-hydrogen) atoms. The molecule has 1 aromatic carbocycles. The monoisotopic (exact) mass is 265 g/mol. The minimum absolute atomic E-state index is 0.230. The molecule has 0 radical (unpaired) electrons. The maximum absolute atomic E-state index is 9.31. The van der Waals surface area contributed by atoms with Gasteiger partial charge in [-0.1, -0.05) is 13.0 Å². The number of aliphatic hydroxyl groups is 1. The third kappa shape index (κ3) is 4.40. The molecule has 0 spiro atoms. The Morgan fingerprint density at radius 3 is 2.68 bits per heavy atom. The molecule has 0 saturated carbocycles. The number of aliphatic hydroxyl groups excluding tert-OH is 1. The van der Waals surface area contributed by atoms with E-state index in [0.717, 1.165) is 31.0 Å². The first-order valence-corrected chi connectivity index (χ1v) is 6.92. The zero-order valence-corrected chi connectivity index (χ0v) is 11.7. The average Bonchev–Trinajstić information content (AvgIpc) is 2.37. The Bertz CT molecular complexity index is 406. The lowest BCUT2D eigenvalue weighted by Crippen LogP contribution is -2.23. The number of fused-ring (bicyclic) bond motifs is 1. The first-order chi connectivity index (χ1) is 9.15. The summed E-state index contributed by atoms with van der Waals surface area (Å²) in [5.74, 6) is 2.14. The van der Waals surface area contributed by atoms with Crippen LogP contribution >= 0.6 is 0 Å². The van der Waals surface area contributed by atoms with Gasteiger partial charge >= 0.3 is 0 Å². The number of hydrogen-bond donors (Lipinski definition) is 2. The molecule has 2 unspecified atom stereocenters. The van der Waals surface area contributed by atoms with Crippen molar-refractivity contribution in [2.75, 3.05) is 19.8 Å². The third-order valence-corrected chi connectivity index (χ3v) is 3.17. The first-order valence-electron chi connectivity index (χ1n) is 6.92. The summed E-state index contributed by atoms with van der Waals surface area (Å²) in [4.78, 5) is 0. The Hall–Kier alpha value is -1.26. The van der Waals surface area contributed by atoms with E-state index in [1.54, 1.807) is 0 Å². The highest BCUT2D eigenvalue weighted by Crippen LogP contribution is 2.30. The first kappa shape index (κ1) is 14.2. The van der Waals surface area contributed by atoms with E-state index in [9.17, 15) is 5.11 Å². The molecule has 0 amide bonds. The molecule has 2 atom stereocenters. The van der Waals surface area contributed by atoms with Crippen molar-refractivity contribution >= 4 is 0 Å². The second kappa shape index (κ2) is 6.78. The van der Waals surface area contributed by atoms with Gasteiger partial charge in [0.05, 0.1) is 6.10 Å². The molecule has 0 fully saturated rings. The Morgan fingerprint density at radius 2 is 1.95 bits per heavy atom. The van der Waals surface area contributed by atoms with Crippen LogP contribution in [0.25, 0.3) is 0 Å². The average molecular weight is 265 g/mol. The summed E-state index contributed by atoms with van der Waals surface area (Å²) in [7, 11) is 0. The minimum Gasteiger partial charge on any atom is -0.486 e. The number of rotatable bonds is 6. The highest BCUT2D eigenvalue weighted by molar-refractivity contribution is 5.43. The van der Waals surface area contributed by atoms with Crippen molar-refractivity contribution in [2.45, 2.75) is 32.9 Å². The van der Waals surface area contributed by atoms with Crippen molar-refractivity contribution in [3.63, 3.8) is 0 Å². The Labute approximate surface area is 114 Å². The second-order valence-corrected chi connectivity index (χ2v) is 5.30. The van der Waals surface area contributed by atoms with Crippen LogP contribution in [0.1, 0.15) is 25.8 Å². The summed E-state index contributed by atoms with van der Waals surface area (Å²) in [5, 5.41) is 12.7. The summed E-state index contributed by atoms with van der Waals surface area (Å²) >= 11 is 0. The van der Waals surface area contributed by atoms with Crippen molar-refractivity contribution in [1.82, 2.24) is 5.32 Å². The number of benzene rings is 1. The van der Waals surface area contributed by atoms with E-state index in [1.165, 1.54) is 5.56 Å². The van der Waals surface area contributed by atoms with Gasteiger partial charge in [0.2, 0.25) is 0 Å². The predicted molar refractivity (Wildman–Crippen MR) is 74.6 cm³/mol. The fraction of sp³-hybridized carbons (Fsp3) is 0.600. The van der Waals surface area contributed by atoms with Crippen LogP contribution < -0.4 is 14.8 Å². The fourth-order valence-electron chi connectivity index (χ4n) is 2.33. The van der Waals surface area contributed by atoms with Gasteiger partial charge in [-0.2, -0.15) is 0 Å². The standard InChI is InChI=1S/C15H23NO3/c1-11(7-12(2)17)9-16-10-13-3-4-14-15(8-13)19-6-5-18-14/h3-4,8,11-12,16-17H,5-7,9-10H2,1-2H3. The van der Waals surface area contributed by atoms with E-state index < -0.39 is 0 Å². The van der Waals surface area contributed by atoms with E-state index in [1.807, 2.05) is 19.1 Å². The van der Waals surface area contributed by atoms with Gasteiger partial charge in [0.15, 0.2) is 11.5 Å². The molecule has 1 aliphatic rings. The zero-order valence-electron chi connectivity index (χ0n) is 11.7. The lowest BCUT2D eigenvalue weighted by Gasteiger charge is -2.19. The molecule has 4 nitrogen and oxygen atoms in total. The van der Waals surface area contributed by atoms with E-state index in [2.05, 4.69) is 18.3 Å². The summed E-state index contributed by atoms with van der Waals surface area (Å²) in [6.07, 6.45) is 0.597. The summed E-state index contributed by atoms with van der Waals surface area (Å²) < 4.78 is 11.1. The molecular weight excluding hydrogens is 242 g/mol. The summed E-state index contributed by atoms with van der Waals surface area (Å²) in [6.45, 7) is 6.93. The second-order valence-electron chi connectivity index (χ2n) is 5.30. The fourth-order valence-corrected chi connectivity index (χ4v) is 2.33. The molecule has 2 rings (SSSR count). The molecule has 0 saturated heterocycles. The van der Waals surface area contributed by atoms with Crippen LogP contribution in [0.5, 0.6) is 11.5 Å². The third-order valence-electron chi connectivity index (χ3n) is 3.17. The highest BCUT2D eigenvalue weighted by atomic mass is 16.6. The van der Waals surface area contributed by atoms with E-state index >= 15 is 0 Å². The van der Waals surface area contributed by atoms with Gasteiger partial charge in [-0.3, -0.25) is 0 Å². The number of nitrogens with one attached hydrogen (secondary N) is 1. The quantitative estimate of drug-likeness (QED) is 0.825. The number of hydrogen-bond acceptors (Lipinski definition) is 4. The lowest BCUT2D eigenvalue weighted by atomic mass is 10.0. The predicted octanol–water partition coefficient (Wildman–Crippen LogP) is 1.95. The van der Waals surface area contributed by atoms with Crippen LogP contribution in [0.15, 0.2) is 18.2 Å². The Morgan fingerprint density at radius 1 is 1.21 bits per heavy atom. The molecular formula is C15H23NO3. The van der Waals surface area contributed by atoms with Gasteiger partial charge in [0.25, 0.3) is 0 Å². The van der Waals surface area contributed by atoms with Gasteiger partial charge in [-0.15, -0.1) is 0 Å². The van der Waals surface area contributed by atoms with Crippen LogP contribution in [0.3, 0.4) is 0 Å². The van der Waals surface area contributed by atoms with Crippen molar-refractivity contribution in [1.29, 1.82) is 0 Å². The maximum atomic E-state index is 9.31. The van der Waals surface area contributed by atoms with Crippen molar-refractivity contribution in [3.05, 3.63) is 23.8 Å². The zero-order chi connectivity index (χ0) is 13.7. The maximum Gasteiger partial charge on any atom is 0.161 e. The SMILES string of the molecule is CC(O)CC(C)CNCc1ccc2c(c1)OCCO2. The normalized spacial score (nSPS) is 17.0. The highest BCUT2D eigenvalue weighted by Gasteiger charge is 2.11. The summed E-state index contributed by atoms with van der Waals surface area (Å²) in [5.41, 5.74) is 1.19. The van der Waals surface area contributed by atoms with Crippen LogP contribution in [0, 0.1) is 5.92 Å². The molecule has 0 aliphatic carbocycles. The molecule has 106 valence electrons. The van der Waals surface area contributed by atoms with Gasteiger partial charge in [0, 0.05) is 6.54 Å². The molecule has 0 bridgehead atoms. The molecule has 1 heterocycles. The molecule has 1 aliphatic heterocycles. The molecule has 2 N–H and O–H groups in total. The molecule has 1 aromatic rings. The Balaban J connectivity index is 1.80. The van der Waals surface area contributed by atoms with Crippen molar-refractivity contribution in [3.8, 4) is 11.5 Å². The minimum atomic E-state index is -0.230. The van der Waals surface area contributed by atoms with Crippen LogP contribution in [0.2, 0.25) is 0 Å². The van der Waals surface area contributed by atoms with E-state index in [-0.39, 0.29) is 6.10 Å². The van der Waals surface area contributed by atoms with E-state index in [4.69, 9.17) is 9.47 Å². The van der Waals surface area contributed by atoms with Gasteiger partial charge in [-0.25, -0.2) is 0 Å². The van der Waals surface area contributed by atoms with E-state index in [0.29, 0.717) is 19.1 Å². The van der Waals surface area contributed by atoms with Crippen molar-refractivity contribution in [2.24, 2.45) is 5.92 Å². The van der Waals surface area contributed by atoms with Crippen LogP contribution in [-0.2, 0) is 6.54 Å².